The van der Waals surface area contributed by atoms with Gasteiger partial charge in [0.05, 0.1) is 0 Å². The van der Waals surface area contributed by atoms with E-state index >= 15 is 0 Å². The number of Topliss-reactive ketones (excluding diaryl/α,β-unsaturated/α-hetero) is 1. The third-order valence-corrected chi connectivity index (χ3v) is 2.31. The number of aliphatic carboxylic acids is 1. The van der Waals surface area contributed by atoms with E-state index in [1.807, 2.05) is 0 Å². The smallest absolute Gasteiger partial charge is 0.303 e. The Balaban J connectivity index is 2.41. The van der Waals surface area contributed by atoms with E-state index in [0.717, 1.165) is 0 Å². The van der Waals surface area contributed by atoms with Crippen LogP contribution >= 0.6 is 0 Å². The Morgan fingerprint density at radius 3 is 2.38 bits per heavy atom. The topological polar surface area (TPSA) is 80.4 Å². The van der Waals surface area contributed by atoms with Crippen molar-refractivity contribution in [3.63, 3.8) is 0 Å². The average Bonchev–Trinajstić information content (AvgIpc) is 2.24. The average molecular weight is 221 g/mol. The Morgan fingerprint density at radius 1 is 1.12 bits per heavy atom. The van der Waals surface area contributed by atoms with Gasteiger partial charge in [-0.15, -0.1) is 0 Å². The summed E-state index contributed by atoms with van der Waals surface area (Å²) in [6.45, 7) is 0. The minimum Gasteiger partial charge on any atom is -0.481 e. The van der Waals surface area contributed by atoms with E-state index in [0.29, 0.717) is 30.5 Å². The second-order valence-corrected chi connectivity index (χ2v) is 3.61. The number of unbranched alkanes of at least 4 members (excludes halogenated alkanes) is 1. The van der Waals surface area contributed by atoms with Crippen LogP contribution in [-0.2, 0) is 4.79 Å². The molecule has 0 bridgehead atoms. The minimum atomic E-state index is -0.827. The molecule has 0 spiro atoms. The second kappa shape index (κ2) is 5.90. The van der Waals surface area contributed by atoms with Crippen LogP contribution < -0.4 is 5.73 Å². The molecule has 3 N–H and O–H groups in total. The summed E-state index contributed by atoms with van der Waals surface area (Å²) < 4.78 is 0. The van der Waals surface area contributed by atoms with Gasteiger partial charge in [0, 0.05) is 24.1 Å². The summed E-state index contributed by atoms with van der Waals surface area (Å²) in [4.78, 5) is 21.9. The molecular formula is C12H15NO3. The summed E-state index contributed by atoms with van der Waals surface area (Å²) >= 11 is 0. The molecule has 0 aromatic heterocycles. The number of nitrogen functional groups attached to an aromatic ring is 1. The lowest BCUT2D eigenvalue weighted by Gasteiger charge is -2.03. The summed E-state index contributed by atoms with van der Waals surface area (Å²) in [6, 6.07) is 6.91. The maximum Gasteiger partial charge on any atom is 0.303 e. The van der Waals surface area contributed by atoms with Crippen molar-refractivity contribution in [2.24, 2.45) is 0 Å². The SMILES string of the molecule is Nc1ccccc1C(=O)CCCCC(=O)O. The molecule has 16 heavy (non-hydrogen) atoms. The molecule has 0 aliphatic heterocycles. The molecule has 0 amide bonds. The fourth-order valence-corrected chi connectivity index (χ4v) is 1.45. The number of carboxylic acid groups (broad SMARTS) is 1. The Kier molecular flexibility index (Phi) is 4.51. The van der Waals surface area contributed by atoms with Crippen LogP contribution in [0.5, 0.6) is 0 Å². The van der Waals surface area contributed by atoms with Crippen LogP contribution in [0.1, 0.15) is 36.0 Å². The lowest BCUT2D eigenvalue weighted by Crippen LogP contribution is -2.04. The highest BCUT2D eigenvalue weighted by molar-refractivity contribution is 6.00. The molecule has 0 aliphatic rings. The van der Waals surface area contributed by atoms with Crippen molar-refractivity contribution in [2.45, 2.75) is 25.7 Å². The third-order valence-electron chi connectivity index (χ3n) is 2.31. The van der Waals surface area contributed by atoms with Crippen LogP contribution in [0.2, 0.25) is 0 Å². The molecule has 0 saturated carbocycles. The maximum atomic E-state index is 11.7. The molecule has 0 unspecified atom stereocenters. The third kappa shape index (κ3) is 3.73. The van der Waals surface area contributed by atoms with Crippen LogP contribution in [-0.4, -0.2) is 16.9 Å². The van der Waals surface area contributed by atoms with E-state index in [-0.39, 0.29) is 12.2 Å². The van der Waals surface area contributed by atoms with Crippen molar-refractivity contribution >= 4 is 17.4 Å². The van der Waals surface area contributed by atoms with Crippen LogP contribution in [0.25, 0.3) is 0 Å². The van der Waals surface area contributed by atoms with E-state index in [1.54, 1.807) is 24.3 Å². The summed E-state index contributed by atoms with van der Waals surface area (Å²) in [5.74, 6) is -0.852. The standard InChI is InChI=1S/C12H15NO3/c13-10-6-2-1-5-9(10)11(14)7-3-4-8-12(15)16/h1-2,5-6H,3-4,7-8,13H2,(H,15,16). The van der Waals surface area contributed by atoms with Crippen molar-refractivity contribution in [3.05, 3.63) is 29.8 Å². The van der Waals surface area contributed by atoms with Crippen LogP contribution in [0.15, 0.2) is 24.3 Å². The van der Waals surface area contributed by atoms with E-state index in [1.165, 1.54) is 0 Å². The zero-order chi connectivity index (χ0) is 12.0. The number of rotatable bonds is 6. The van der Waals surface area contributed by atoms with Gasteiger partial charge in [0.1, 0.15) is 0 Å². The van der Waals surface area contributed by atoms with Crippen molar-refractivity contribution in [1.29, 1.82) is 0 Å². The largest absolute Gasteiger partial charge is 0.481 e. The molecule has 4 nitrogen and oxygen atoms in total. The molecule has 0 saturated heterocycles. The summed E-state index contributed by atoms with van der Waals surface area (Å²) in [6.07, 6.45) is 1.56. The number of hydrogen-bond donors (Lipinski definition) is 2. The second-order valence-electron chi connectivity index (χ2n) is 3.61. The van der Waals surface area contributed by atoms with Gasteiger partial charge in [-0.2, -0.15) is 0 Å². The number of carbonyl (C=O) groups is 2. The van der Waals surface area contributed by atoms with Gasteiger partial charge in [-0.3, -0.25) is 9.59 Å². The predicted molar refractivity (Wildman–Crippen MR) is 61.3 cm³/mol. The van der Waals surface area contributed by atoms with Gasteiger partial charge >= 0.3 is 5.97 Å². The molecule has 0 fully saturated rings. The van der Waals surface area contributed by atoms with Gasteiger partial charge in [-0.1, -0.05) is 12.1 Å². The van der Waals surface area contributed by atoms with Gasteiger partial charge < -0.3 is 10.8 Å². The van der Waals surface area contributed by atoms with Crippen molar-refractivity contribution < 1.29 is 14.7 Å². The summed E-state index contributed by atoms with van der Waals surface area (Å²) in [5.41, 5.74) is 6.66. The molecule has 86 valence electrons. The first-order valence-corrected chi connectivity index (χ1v) is 5.20. The van der Waals surface area contributed by atoms with Crippen LogP contribution in [0, 0.1) is 0 Å². The van der Waals surface area contributed by atoms with Crippen molar-refractivity contribution in [2.75, 3.05) is 5.73 Å². The fourth-order valence-electron chi connectivity index (χ4n) is 1.45. The molecule has 0 aliphatic carbocycles. The van der Waals surface area contributed by atoms with Gasteiger partial charge in [-0.05, 0) is 25.0 Å². The number of hydrogen-bond acceptors (Lipinski definition) is 3. The van der Waals surface area contributed by atoms with Crippen molar-refractivity contribution in [3.8, 4) is 0 Å². The zero-order valence-electron chi connectivity index (χ0n) is 8.98. The summed E-state index contributed by atoms with van der Waals surface area (Å²) in [7, 11) is 0. The minimum absolute atomic E-state index is 0.0245. The first-order valence-electron chi connectivity index (χ1n) is 5.20. The number of carboxylic acids is 1. The maximum absolute atomic E-state index is 11.7. The van der Waals surface area contributed by atoms with Gasteiger partial charge in [-0.25, -0.2) is 0 Å². The number of benzene rings is 1. The number of nitrogens with two attached hydrogens (primary N) is 1. The predicted octanol–water partition coefficient (Wildman–Crippen LogP) is 2.10. The molecule has 4 heteroatoms. The molecule has 1 rings (SSSR count). The molecule has 1 aromatic carbocycles. The number of anilines is 1. The number of para-hydroxylation sites is 1. The lowest BCUT2D eigenvalue weighted by atomic mass is 10.0. The highest BCUT2D eigenvalue weighted by Gasteiger charge is 2.08. The first-order chi connectivity index (χ1) is 7.61. The first kappa shape index (κ1) is 12.2. The number of carbonyl (C=O) groups excluding carboxylic acids is 1. The van der Waals surface area contributed by atoms with E-state index in [4.69, 9.17) is 10.8 Å². The van der Waals surface area contributed by atoms with E-state index < -0.39 is 5.97 Å². The van der Waals surface area contributed by atoms with Gasteiger partial charge in [0.25, 0.3) is 0 Å². The lowest BCUT2D eigenvalue weighted by molar-refractivity contribution is -0.137. The zero-order valence-corrected chi connectivity index (χ0v) is 8.98. The Morgan fingerprint density at radius 2 is 1.75 bits per heavy atom. The fraction of sp³-hybridized carbons (Fsp3) is 0.333. The molecule has 1 aromatic rings. The Hall–Kier alpha value is -1.84. The monoisotopic (exact) mass is 221 g/mol. The molecule has 0 heterocycles. The quantitative estimate of drug-likeness (QED) is 0.438. The van der Waals surface area contributed by atoms with Crippen molar-refractivity contribution in [1.82, 2.24) is 0 Å². The van der Waals surface area contributed by atoms with Gasteiger partial charge in [0.15, 0.2) is 5.78 Å². The highest BCUT2D eigenvalue weighted by atomic mass is 16.4. The highest BCUT2D eigenvalue weighted by Crippen LogP contribution is 2.14. The number of ketones is 1. The normalized spacial score (nSPS) is 10.0. The Labute approximate surface area is 94.1 Å². The van der Waals surface area contributed by atoms with E-state index in [2.05, 4.69) is 0 Å². The molecular weight excluding hydrogens is 206 g/mol. The van der Waals surface area contributed by atoms with Gasteiger partial charge in [0.2, 0.25) is 0 Å². The van der Waals surface area contributed by atoms with Crippen LogP contribution in [0.4, 0.5) is 5.69 Å². The Bertz CT molecular complexity index is 388. The van der Waals surface area contributed by atoms with Crippen LogP contribution in [0.3, 0.4) is 0 Å². The molecule has 0 atom stereocenters. The summed E-state index contributed by atoms with van der Waals surface area (Å²) in [5, 5.41) is 8.43. The van der Waals surface area contributed by atoms with E-state index in [9.17, 15) is 9.59 Å². The molecule has 0 radical (unpaired) electrons.